The zero-order chi connectivity index (χ0) is 13.2. The Labute approximate surface area is 113 Å². The quantitative estimate of drug-likeness (QED) is 0.543. The summed E-state index contributed by atoms with van der Waals surface area (Å²) < 4.78 is 0. The van der Waals surface area contributed by atoms with E-state index >= 15 is 0 Å². The van der Waals surface area contributed by atoms with Crippen molar-refractivity contribution in [3.05, 3.63) is 11.9 Å². The fourth-order valence-electron chi connectivity index (χ4n) is 2.60. The van der Waals surface area contributed by atoms with E-state index in [9.17, 15) is 0 Å². The van der Waals surface area contributed by atoms with Crippen molar-refractivity contribution in [2.24, 2.45) is 11.8 Å². The molecule has 0 amide bonds. The molecular formula is C13H22N6. The molecule has 1 aromatic rings. The number of likely N-dealkylation sites (tertiary alicyclic amines) is 1. The molecule has 1 aliphatic heterocycles. The Balaban J connectivity index is 1.64. The molecule has 0 aromatic carbocycles. The minimum absolute atomic E-state index is 0.534. The number of hydrogen-bond donors (Lipinski definition) is 3. The van der Waals surface area contributed by atoms with Gasteiger partial charge in [0.05, 0.1) is 0 Å². The lowest BCUT2D eigenvalue weighted by molar-refractivity contribution is 0.399. The van der Waals surface area contributed by atoms with Crippen LogP contribution in [-0.4, -0.2) is 41.5 Å². The summed E-state index contributed by atoms with van der Waals surface area (Å²) in [6.45, 7) is 3.32. The monoisotopic (exact) mass is 262 g/mol. The number of anilines is 2. The molecule has 3 rings (SSSR count). The average molecular weight is 262 g/mol. The van der Waals surface area contributed by atoms with E-state index in [0.717, 1.165) is 24.7 Å². The molecule has 1 saturated heterocycles. The first-order valence-electron chi connectivity index (χ1n) is 7.02. The normalized spacial score (nSPS) is 23.6. The van der Waals surface area contributed by atoms with E-state index in [1.54, 1.807) is 0 Å². The van der Waals surface area contributed by atoms with Crippen molar-refractivity contribution in [1.82, 2.24) is 14.9 Å². The number of hydrazine groups is 1. The molecule has 0 bridgehead atoms. The van der Waals surface area contributed by atoms with Crippen LogP contribution >= 0.6 is 0 Å². The molecule has 1 atom stereocenters. The lowest BCUT2D eigenvalue weighted by Gasteiger charge is -2.13. The highest BCUT2D eigenvalue weighted by atomic mass is 15.3. The van der Waals surface area contributed by atoms with Gasteiger partial charge in [-0.15, -0.1) is 0 Å². The summed E-state index contributed by atoms with van der Waals surface area (Å²) in [5.41, 5.74) is 2.63. The molecule has 4 N–H and O–H groups in total. The third-order valence-electron chi connectivity index (χ3n) is 3.89. The molecule has 2 heterocycles. The number of aromatic nitrogens is 2. The lowest BCUT2D eigenvalue weighted by Crippen LogP contribution is -2.20. The van der Waals surface area contributed by atoms with Crippen LogP contribution in [0.4, 0.5) is 11.6 Å². The molecule has 0 spiro atoms. The maximum absolute atomic E-state index is 5.47. The van der Waals surface area contributed by atoms with Gasteiger partial charge in [0.25, 0.3) is 0 Å². The number of hydrogen-bond acceptors (Lipinski definition) is 6. The van der Waals surface area contributed by atoms with Gasteiger partial charge in [-0.25, -0.2) is 15.8 Å². The summed E-state index contributed by atoms with van der Waals surface area (Å²) in [4.78, 5) is 11.4. The van der Waals surface area contributed by atoms with Crippen LogP contribution in [0, 0.1) is 5.92 Å². The Hall–Kier alpha value is -1.40. The summed E-state index contributed by atoms with van der Waals surface area (Å²) in [6.07, 6.45) is 3.65. The Morgan fingerprint density at radius 1 is 1.32 bits per heavy atom. The second-order valence-corrected chi connectivity index (χ2v) is 5.71. The van der Waals surface area contributed by atoms with Crippen LogP contribution < -0.4 is 16.6 Å². The van der Waals surface area contributed by atoms with Crippen LogP contribution in [0.3, 0.4) is 0 Å². The van der Waals surface area contributed by atoms with Crippen LogP contribution in [0.5, 0.6) is 0 Å². The fourth-order valence-corrected chi connectivity index (χ4v) is 2.60. The number of nitrogen functional groups attached to an aromatic ring is 1. The molecule has 2 fully saturated rings. The van der Waals surface area contributed by atoms with E-state index in [2.05, 4.69) is 32.7 Å². The minimum Gasteiger partial charge on any atom is -0.370 e. The summed E-state index contributed by atoms with van der Waals surface area (Å²) in [7, 11) is 2.17. The maximum Gasteiger partial charge on any atom is 0.145 e. The topological polar surface area (TPSA) is 79.1 Å². The molecule has 1 unspecified atom stereocenters. The molecule has 6 heteroatoms. The van der Waals surface area contributed by atoms with Crippen molar-refractivity contribution in [3.63, 3.8) is 0 Å². The zero-order valence-electron chi connectivity index (χ0n) is 11.4. The average Bonchev–Trinajstić information content (AvgIpc) is 3.19. The van der Waals surface area contributed by atoms with Gasteiger partial charge < -0.3 is 15.6 Å². The number of nitrogens with two attached hydrogens (primary N) is 1. The van der Waals surface area contributed by atoms with Gasteiger partial charge in [0.2, 0.25) is 0 Å². The van der Waals surface area contributed by atoms with Crippen LogP contribution in [0.25, 0.3) is 0 Å². The highest BCUT2D eigenvalue weighted by Crippen LogP contribution is 2.38. The van der Waals surface area contributed by atoms with Crippen LogP contribution in [0.2, 0.25) is 0 Å². The lowest BCUT2D eigenvalue weighted by atomic mass is 10.1. The molecule has 0 radical (unpaired) electrons. The van der Waals surface area contributed by atoms with Crippen molar-refractivity contribution >= 4 is 11.6 Å². The van der Waals surface area contributed by atoms with Crippen molar-refractivity contribution in [2.45, 2.75) is 25.2 Å². The largest absolute Gasteiger partial charge is 0.370 e. The van der Waals surface area contributed by atoms with Gasteiger partial charge in [-0.05, 0) is 38.8 Å². The van der Waals surface area contributed by atoms with E-state index < -0.39 is 0 Å². The van der Waals surface area contributed by atoms with Gasteiger partial charge in [0.1, 0.15) is 17.5 Å². The van der Waals surface area contributed by atoms with E-state index in [1.165, 1.54) is 25.8 Å². The van der Waals surface area contributed by atoms with E-state index in [1.807, 2.05) is 6.07 Å². The van der Waals surface area contributed by atoms with E-state index in [0.29, 0.717) is 17.7 Å². The fraction of sp³-hybridized carbons (Fsp3) is 0.692. The van der Waals surface area contributed by atoms with E-state index in [4.69, 9.17) is 5.84 Å². The molecule has 6 nitrogen and oxygen atoms in total. The Morgan fingerprint density at radius 2 is 2.11 bits per heavy atom. The summed E-state index contributed by atoms with van der Waals surface area (Å²) >= 11 is 0. The van der Waals surface area contributed by atoms with Crippen molar-refractivity contribution < 1.29 is 0 Å². The smallest absolute Gasteiger partial charge is 0.145 e. The first-order chi connectivity index (χ1) is 9.24. The highest BCUT2D eigenvalue weighted by Gasteiger charge is 2.27. The first kappa shape index (κ1) is 12.6. The van der Waals surface area contributed by atoms with Crippen molar-refractivity contribution in [2.75, 3.05) is 37.4 Å². The second kappa shape index (κ2) is 5.30. The Bertz CT molecular complexity index is 445. The molecule has 1 aromatic heterocycles. The van der Waals surface area contributed by atoms with Crippen molar-refractivity contribution in [3.8, 4) is 0 Å². The van der Waals surface area contributed by atoms with Gasteiger partial charge in [-0.3, -0.25) is 0 Å². The predicted molar refractivity (Wildman–Crippen MR) is 75.9 cm³/mol. The summed E-state index contributed by atoms with van der Waals surface area (Å²) in [6, 6.07) is 1.88. The molecular weight excluding hydrogens is 240 g/mol. The Kier molecular flexibility index (Phi) is 3.52. The molecule has 1 saturated carbocycles. The van der Waals surface area contributed by atoms with Gasteiger partial charge in [-0.1, -0.05) is 0 Å². The van der Waals surface area contributed by atoms with Crippen molar-refractivity contribution in [1.29, 1.82) is 0 Å². The summed E-state index contributed by atoms with van der Waals surface area (Å²) in [5, 5.41) is 3.43. The van der Waals surface area contributed by atoms with Crippen LogP contribution in [0.1, 0.15) is 31.0 Å². The second-order valence-electron chi connectivity index (χ2n) is 5.71. The number of nitrogens with zero attached hydrogens (tertiary/aromatic N) is 3. The highest BCUT2D eigenvalue weighted by molar-refractivity contribution is 5.47. The zero-order valence-corrected chi connectivity index (χ0v) is 11.4. The standard InChI is InChI=1S/C13H22N6/c1-19-5-4-9(8-19)7-15-11-6-12(18-14)17-13(16-11)10-2-3-10/h6,9-10H,2-5,7-8,14H2,1H3,(H2,15,16,17,18). The molecule has 1 aliphatic carbocycles. The van der Waals surface area contributed by atoms with Gasteiger partial charge in [0, 0.05) is 25.1 Å². The van der Waals surface area contributed by atoms with Crippen LogP contribution in [-0.2, 0) is 0 Å². The first-order valence-corrected chi connectivity index (χ1v) is 7.02. The molecule has 104 valence electrons. The predicted octanol–water partition coefficient (Wildman–Crippen LogP) is 1.00. The molecule has 19 heavy (non-hydrogen) atoms. The maximum atomic E-state index is 5.47. The number of rotatable bonds is 5. The number of nitrogens with one attached hydrogen (secondary N) is 2. The Morgan fingerprint density at radius 3 is 2.74 bits per heavy atom. The van der Waals surface area contributed by atoms with Crippen LogP contribution in [0.15, 0.2) is 6.07 Å². The minimum atomic E-state index is 0.534. The van der Waals surface area contributed by atoms with Gasteiger partial charge >= 0.3 is 0 Å². The van der Waals surface area contributed by atoms with E-state index in [-0.39, 0.29) is 0 Å². The third kappa shape index (κ3) is 3.13. The SMILES string of the molecule is CN1CCC(CNc2cc(NN)nc(C3CC3)n2)C1. The van der Waals surface area contributed by atoms with Gasteiger partial charge in [0.15, 0.2) is 0 Å². The summed E-state index contributed by atoms with van der Waals surface area (Å²) in [5.74, 6) is 9.21. The molecule has 2 aliphatic rings. The third-order valence-corrected chi connectivity index (χ3v) is 3.89. The van der Waals surface area contributed by atoms with Gasteiger partial charge in [-0.2, -0.15) is 0 Å².